The van der Waals surface area contributed by atoms with Crippen LogP contribution in [0.25, 0.3) is 10.6 Å². The Hall–Kier alpha value is -1.29. The van der Waals surface area contributed by atoms with E-state index in [-0.39, 0.29) is 0 Å². The Labute approximate surface area is 99.3 Å². The summed E-state index contributed by atoms with van der Waals surface area (Å²) in [7, 11) is 0. The van der Waals surface area contributed by atoms with Crippen LogP contribution in [-0.4, -0.2) is 5.16 Å². The summed E-state index contributed by atoms with van der Waals surface area (Å²) in [6.07, 6.45) is 0.905. The first-order valence-electron chi connectivity index (χ1n) is 5.38. The van der Waals surface area contributed by atoms with Crippen molar-refractivity contribution in [2.24, 2.45) is 5.92 Å². The summed E-state index contributed by atoms with van der Waals surface area (Å²) in [5, 5.41) is 6.15. The van der Waals surface area contributed by atoms with Gasteiger partial charge in [-0.3, -0.25) is 0 Å². The predicted molar refractivity (Wildman–Crippen MR) is 67.5 cm³/mol. The van der Waals surface area contributed by atoms with Crippen LogP contribution >= 0.6 is 11.3 Å². The molecule has 0 amide bonds. The average molecular weight is 236 g/mol. The molecule has 0 aliphatic rings. The summed E-state index contributed by atoms with van der Waals surface area (Å²) < 4.78 is 5.11. The lowest BCUT2D eigenvalue weighted by molar-refractivity contribution is 0.438. The summed E-state index contributed by atoms with van der Waals surface area (Å²) in [6, 6.07) is 2.09. The molecule has 4 heteroatoms. The van der Waals surface area contributed by atoms with E-state index in [4.69, 9.17) is 10.3 Å². The standard InChI is InChI=1S/C12H16N2OS/c1-7(2)6-9-10(14-15-12(9)13)11-8(3)4-5-16-11/h4-5,7H,6,13H2,1-3H3. The topological polar surface area (TPSA) is 52.0 Å². The first-order valence-corrected chi connectivity index (χ1v) is 6.26. The van der Waals surface area contributed by atoms with Crippen molar-refractivity contribution in [2.45, 2.75) is 27.2 Å². The largest absolute Gasteiger partial charge is 0.367 e. The Morgan fingerprint density at radius 3 is 2.81 bits per heavy atom. The summed E-state index contributed by atoms with van der Waals surface area (Å²) in [5.41, 5.74) is 9.00. The first-order chi connectivity index (χ1) is 7.59. The zero-order valence-corrected chi connectivity index (χ0v) is 10.6. The number of anilines is 1. The van der Waals surface area contributed by atoms with Gasteiger partial charge in [0.1, 0.15) is 5.69 Å². The number of rotatable bonds is 3. The summed E-state index contributed by atoms with van der Waals surface area (Å²) in [5.74, 6) is 0.997. The SMILES string of the molecule is Cc1ccsc1-c1noc(N)c1CC(C)C. The van der Waals surface area contributed by atoms with Crippen LogP contribution in [0.4, 0.5) is 5.88 Å². The van der Waals surface area contributed by atoms with Crippen LogP contribution in [0.2, 0.25) is 0 Å². The molecular weight excluding hydrogens is 220 g/mol. The maximum absolute atomic E-state index is 5.82. The molecule has 0 spiro atoms. The molecular formula is C12H16N2OS. The van der Waals surface area contributed by atoms with Crippen LogP contribution < -0.4 is 5.73 Å². The lowest BCUT2D eigenvalue weighted by atomic mass is 10.0. The Kier molecular flexibility index (Phi) is 3.01. The summed E-state index contributed by atoms with van der Waals surface area (Å²) >= 11 is 1.68. The fraction of sp³-hybridized carbons (Fsp3) is 0.417. The molecule has 2 aromatic rings. The van der Waals surface area contributed by atoms with Gasteiger partial charge in [0.05, 0.1) is 4.88 Å². The van der Waals surface area contributed by atoms with Gasteiger partial charge in [0.15, 0.2) is 0 Å². The highest BCUT2D eigenvalue weighted by Gasteiger charge is 2.18. The second kappa shape index (κ2) is 4.29. The minimum Gasteiger partial charge on any atom is -0.367 e. The first kappa shape index (κ1) is 11.2. The van der Waals surface area contributed by atoms with Gasteiger partial charge in [-0.25, -0.2) is 0 Å². The number of hydrogen-bond acceptors (Lipinski definition) is 4. The molecule has 0 aromatic carbocycles. The van der Waals surface area contributed by atoms with Gasteiger partial charge in [-0.2, -0.15) is 0 Å². The van der Waals surface area contributed by atoms with E-state index in [1.165, 1.54) is 5.56 Å². The number of thiophene rings is 1. The van der Waals surface area contributed by atoms with Crippen LogP contribution in [0.1, 0.15) is 25.0 Å². The van der Waals surface area contributed by atoms with Crippen molar-refractivity contribution in [3.05, 3.63) is 22.6 Å². The van der Waals surface area contributed by atoms with Crippen LogP contribution in [0.5, 0.6) is 0 Å². The van der Waals surface area contributed by atoms with Crippen molar-refractivity contribution < 1.29 is 4.52 Å². The zero-order valence-electron chi connectivity index (χ0n) is 9.78. The highest BCUT2D eigenvalue weighted by molar-refractivity contribution is 7.13. The molecule has 0 fully saturated rings. The third-order valence-corrected chi connectivity index (χ3v) is 3.53. The molecule has 0 saturated heterocycles. The van der Waals surface area contributed by atoms with E-state index in [1.807, 2.05) is 0 Å². The Morgan fingerprint density at radius 2 is 2.25 bits per heavy atom. The summed E-state index contributed by atoms with van der Waals surface area (Å²) in [4.78, 5) is 1.16. The second-order valence-corrected chi connectivity index (χ2v) is 5.32. The van der Waals surface area contributed by atoms with Gasteiger partial charge >= 0.3 is 0 Å². The van der Waals surface area contributed by atoms with Crippen LogP contribution in [0.15, 0.2) is 16.0 Å². The fourth-order valence-corrected chi connectivity index (χ4v) is 2.66. The van der Waals surface area contributed by atoms with E-state index in [2.05, 4.69) is 37.4 Å². The fourth-order valence-electron chi connectivity index (χ4n) is 1.72. The van der Waals surface area contributed by atoms with Gasteiger partial charge in [-0.1, -0.05) is 19.0 Å². The number of aryl methyl sites for hydroxylation is 1. The van der Waals surface area contributed by atoms with Crippen molar-refractivity contribution in [1.82, 2.24) is 5.16 Å². The van der Waals surface area contributed by atoms with Crippen molar-refractivity contribution in [2.75, 3.05) is 5.73 Å². The quantitative estimate of drug-likeness (QED) is 0.887. The molecule has 0 unspecified atom stereocenters. The lowest BCUT2D eigenvalue weighted by Gasteiger charge is -2.04. The molecule has 0 radical (unpaired) electrons. The van der Waals surface area contributed by atoms with E-state index in [0.717, 1.165) is 22.6 Å². The van der Waals surface area contributed by atoms with Crippen molar-refractivity contribution in [3.63, 3.8) is 0 Å². The molecule has 0 bridgehead atoms. The number of nitrogen functional groups attached to an aromatic ring is 1. The molecule has 0 aliphatic carbocycles. The minimum atomic E-state index is 0.455. The predicted octanol–water partition coefficient (Wildman–Crippen LogP) is 3.49. The van der Waals surface area contributed by atoms with Gasteiger partial charge < -0.3 is 10.3 Å². The lowest BCUT2D eigenvalue weighted by Crippen LogP contribution is -1.98. The molecule has 0 aliphatic heterocycles. The van der Waals surface area contributed by atoms with Gasteiger partial charge in [0.25, 0.3) is 0 Å². The van der Waals surface area contributed by atoms with E-state index < -0.39 is 0 Å². The molecule has 86 valence electrons. The maximum Gasteiger partial charge on any atom is 0.225 e. The number of hydrogen-bond donors (Lipinski definition) is 1. The molecule has 0 atom stereocenters. The van der Waals surface area contributed by atoms with E-state index in [9.17, 15) is 0 Å². The molecule has 16 heavy (non-hydrogen) atoms. The smallest absolute Gasteiger partial charge is 0.225 e. The van der Waals surface area contributed by atoms with Crippen LogP contribution in [-0.2, 0) is 6.42 Å². The molecule has 2 N–H and O–H groups in total. The van der Waals surface area contributed by atoms with E-state index in [1.54, 1.807) is 11.3 Å². The van der Waals surface area contributed by atoms with Crippen LogP contribution in [0.3, 0.4) is 0 Å². The third-order valence-electron chi connectivity index (χ3n) is 2.51. The molecule has 0 saturated carbocycles. The van der Waals surface area contributed by atoms with Gasteiger partial charge in [0.2, 0.25) is 5.88 Å². The maximum atomic E-state index is 5.82. The number of nitrogens with two attached hydrogens (primary N) is 1. The monoisotopic (exact) mass is 236 g/mol. The molecule has 2 aromatic heterocycles. The molecule has 3 nitrogen and oxygen atoms in total. The Bertz CT molecular complexity index is 485. The van der Waals surface area contributed by atoms with Crippen LogP contribution in [0, 0.1) is 12.8 Å². The van der Waals surface area contributed by atoms with E-state index in [0.29, 0.717) is 11.8 Å². The third kappa shape index (κ3) is 1.97. The molecule has 2 rings (SSSR count). The van der Waals surface area contributed by atoms with E-state index >= 15 is 0 Å². The summed E-state index contributed by atoms with van der Waals surface area (Å²) in [6.45, 7) is 6.41. The highest BCUT2D eigenvalue weighted by Crippen LogP contribution is 2.34. The Balaban J connectivity index is 2.46. The average Bonchev–Trinajstić information content (AvgIpc) is 2.75. The zero-order chi connectivity index (χ0) is 11.7. The normalized spacial score (nSPS) is 11.2. The second-order valence-electron chi connectivity index (χ2n) is 4.40. The minimum absolute atomic E-state index is 0.455. The van der Waals surface area contributed by atoms with Gasteiger partial charge in [-0.15, -0.1) is 11.3 Å². The van der Waals surface area contributed by atoms with Gasteiger partial charge in [0, 0.05) is 5.56 Å². The number of nitrogens with zero attached hydrogens (tertiary/aromatic N) is 1. The molecule has 2 heterocycles. The highest BCUT2D eigenvalue weighted by atomic mass is 32.1. The van der Waals surface area contributed by atoms with Crippen molar-refractivity contribution in [3.8, 4) is 10.6 Å². The van der Waals surface area contributed by atoms with Crippen molar-refractivity contribution >= 4 is 17.2 Å². The number of aromatic nitrogens is 1. The van der Waals surface area contributed by atoms with Crippen molar-refractivity contribution in [1.29, 1.82) is 0 Å². The van der Waals surface area contributed by atoms with Gasteiger partial charge in [-0.05, 0) is 36.3 Å². The Morgan fingerprint density at radius 1 is 1.50 bits per heavy atom.